The molecule has 3 N–H and O–H groups in total. The second-order valence-electron chi connectivity index (χ2n) is 8.85. The number of carbonyl (C=O) groups excluding carboxylic acids is 2. The topological polar surface area (TPSA) is 102 Å². The molecule has 0 radical (unpaired) electrons. The third-order valence-corrected chi connectivity index (χ3v) is 7.51. The lowest BCUT2D eigenvalue weighted by Gasteiger charge is -2.34. The molecule has 2 aromatic carbocycles. The number of thiophene rings is 1. The first-order valence-corrected chi connectivity index (χ1v) is 13.1. The summed E-state index contributed by atoms with van der Waals surface area (Å²) in [6, 6.07) is 14.6. The fourth-order valence-electron chi connectivity index (χ4n) is 4.47. The van der Waals surface area contributed by atoms with Gasteiger partial charge in [-0.1, -0.05) is 25.1 Å². The van der Waals surface area contributed by atoms with Gasteiger partial charge >= 0.3 is 0 Å². The number of aromatic amines is 1. The van der Waals surface area contributed by atoms with E-state index >= 15 is 0 Å². The maximum absolute atomic E-state index is 12.9. The van der Waals surface area contributed by atoms with Gasteiger partial charge in [0.2, 0.25) is 0 Å². The lowest BCUT2D eigenvalue weighted by molar-refractivity contribution is 0.0643. The van der Waals surface area contributed by atoms with Crippen LogP contribution in [0.25, 0.3) is 21.7 Å². The predicted molar refractivity (Wildman–Crippen MR) is 142 cm³/mol. The van der Waals surface area contributed by atoms with Crippen molar-refractivity contribution in [1.82, 2.24) is 25.1 Å². The molecule has 0 spiro atoms. The number of nitrogens with zero attached hydrogens (tertiary/aromatic N) is 3. The largest absolute Gasteiger partial charge is 0.506 e. The summed E-state index contributed by atoms with van der Waals surface area (Å²) >= 11 is 1.53. The Labute approximate surface area is 213 Å². The number of H-pyrrole nitrogens is 1. The van der Waals surface area contributed by atoms with Gasteiger partial charge in [0.05, 0.1) is 10.4 Å². The van der Waals surface area contributed by atoms with E-state index < -0.39 is 0 Å². The average Bonchev–Trinajstić information content (AvgIpc) is 3.60. The van der Waals surface area contributed by atoms with Crippen molar-refractivity contribution in [3.8, 4) is 16.5 Å². The number of rotatable bonds is 7. The van der Waals surface area contributed by atoms with E-state index in [0.717, 1.165) is 43.2 Å². The number of carbonyl (C=O) groups is 2. The lowest BCUT2D eigenvalue weighted by Crippen LogP contribution is -2.48. The van der Waals surface area contributed by atoms with Gasteiger partial charge in [-0.3, -0.25) is 9.59 Å². The third-order valence-electron chi connectivity index (χ3n) is 6.63. The number of phenols is 1. The molecule has 8 nitrogen and oxygen atoms in total. The normalized spacial score (nSPS) is 14.3. The number of imidazole rings is 1. The summed E-state index contributed by atoms with van der Waals surface area (Å²) in [7, 11) is 0. The van der Waals surface area contributed by atoms with Crippen molar-refractivity contribution in [3.05, 3.63) is 70.6 Å². The zero-order chi connectivity index (χ0) is 25.1. The molecule has 1 aliphatic rings. The summed E-state index contributed by atoms with van der Waals surface area (Å²) in [5, 5.41) is 15.2. The van der Waals surface area contributed by atoms with E-state index in [-0.39, 0.29) is 17.6 Å². The van der Waals surface area contributed by atoms with E-state index in [1.54, 1.807) is 6.07 Å². The van der Waals surface area contributed by atoms with Gasteiger partial charge in [0.1, 0.15) is 22.6 Å². The number of amides is 2. The molecule has 1 fully saturated rings. The van der Waals surface area contributed by atoms with Crippen molar-refractivity contribution < 1.29 is 14.7 Å². The first kappa shape index (κ1) is 24.0. The molecule has 0 saturated carbocycles. The number of hydrogen-bond donors (Lipinski definition) is 3. The molecule has 0 unspecified atom stereocenters. The Morgan fingerprint density at radius 1 is 1.08 bits per heavy atom. The smallest absolute Gasteiger partial charge is 0.253 e. The molecule has 0 bridgehead atoms. The number of aromatic nitrogens is 2. The van der Waals surface area contributed by atoms with Crippen LogP contribution in [0.4, 0.5) is 0 Å². The van der Waals surface area contributed by atoms with Gasteiger partial charge in [-0.25, -0.2) is 4.98 Å². The maximum Gasteiger partial charge on any atom is 0.253 e. The van der Waals surface area contributed by atoms with E-state index in [1.165, 1.54) is 17.4 Å². The number of piperazine rings is 1. The predicted octanol–water partition coefficient (Wildman–Crippen LogP) is 3.75. The summed E-state index contributed by atoms with van der Waals surface area (Å²) < 4.78 is 0. The molecule has 5 rings (SSSR count). The number of phenolic OH excluding ortho intramolecular Hbond substituents is 1. The van der Waals surface area contributed by atoms with Crippen LogP contribution in [0, 0.1) is 0 Å². The number of fused-ring (bicyclic) bond motifs is 1. The van der Waals surface area contributed by atoms with Crippen LogP contribution in [0.1, 0.15) is 33.2 Å². The summed E-state index contributed by atoms with van der Waals surface area (Å²) in [5.41, 5.74) is 3.03. The Bertz CT molecular complexity index is 1360. The first-order chi connectivity index (χ1) is 17.5. The molecule has 1 saturated heterocycles. The van der Waals surface area contributed by atoms with Crippen molar-refractivity contribution in [1.29, 1.82) is 0 Å². The third kappa shape index (κ3) is 4.98. The van der Waals surface area contributed by atoms with Crippen LogP contribution in [0.3, 0.4) is 0 Å². The summed E-state index contributed by atoms with van der Waals surface area (Å²) in [4.78, 5) is 38.6. The molecule has 186 valence electrons. The molecule has 3 heterocycles. The highest BCUT2D eigenvalue weighted by molar-refractivity contribution is 7.13. The Hall–Kier alpha value is -3.69. The van der Waals surface area contributed by atoms with Gasteiger partial charge < -0.3 is 25.2 Å². The lowest BCUT2D eigenvalue weighted by atomic mass is 10.1. The van der Waals surface area contributed by atoms with E-state index in [1.807, 2.05) is 46.7 Å². The minimum Gasteiger partial charge on any atom is -0.506 e. The van der Waals surface area contributed by atoms with Crippen molar-refractivity contribution in [2.24, 2.45) is 0 Å². The molecule has 4 aromatic rings. The second-order valence-corrected chi connectivity index (χ2v) is 9.80. The molecular formula is C27H29N5O3S. The Kier molecular flexibility index (Phi) is 7.02. The van der Waals surface area contributed by atoms with Crippen LogP contribution in [0.15, 0.2) is 53.9 Å². The van der Waals surface area contributed by atoms with Gasteiger partial charge in [-0.05, 0) is 54.2 Å². The zero-order valence-electron chi connectivity index (χ0n) is 20.2. The van der Waals surface area contributed by atoms with Crippen LogP contribution in [-0.2, 0) is 6.42 Å². The highest BCUT2D eigenvalue weighted by Crippen LogP contribution is 2.30. The summed E-state index contributed by atoms with van der Waals surface area (Å²) in [6.07, 6.45) is 0.637. The molecule has 9 heteroatoms. The van der Waals surface area contributed by atoms with Gasteiger partial charge in [0.15, 0.2) is 0 Å². The monoisotopic (exact) mass is 503 g/mol. The van der Waals surface area contributed by atoms with Gasteiger partial charge in [-0.15, -0.1) is 11.3 Å². The number of nitrogens with one attached hydrogen (secondary N) is 2. The van der Waals surface area contributed by atoms with Crippen LogP contribution in [0.2, 0.25) is 0 Å². The van der Waals surface area contributed by atoms with Crippen molar-refractivity contribution in [2.45, 2.75) is 13.3 Å². The molecule has 36 heavy (non-hydrogen) atoms. The van der Waals surface area contributed by atoms with E-state index in [9.17, 15) is 14.7 Å². The standard InChI is InChI=1S/C27H29N5O3S/c1-2-31-13-15-32(16-14-31)27(35)19-7-5-18(6-8-19)11-12-28-26(34)20-9-10-21(33)24-23(20)29-25(30-24)22-4-3-17-36-22/h3-10,17,33H,2,11-16H2,1H3,(H,28,34)(H,29,30). The van der Waals surface area contributed by atoms with Gasteiger partial charge in [0.25, 0.3) is 11.8 Å². The number of likely N-dealkylation sites (N-methyl/N-ethyl adjacent to an activating group) is 1. The molecule has 1 aliphatic heterocycles. The fraction of sp³-hybridized carbons (Fsp3) is 0.296. The molecule has 2 aromatic heterocycles. The maximum atomic E-state index is 12.9. The minimum absolute atomic E-state index is 0.0544. The zero-order valence-corrected chi connectivity index (χ0v) is 21.0. The quantitative estimate of drug-likeness (QED) is 0.357. The number of benzene rings is 2. The Morgan fingerprint density at radius 3 is 2.56 bits per heavy atom. The summed E-state index contributed by atoms with van der Waals surface area (Å²) in [5.74, 6) is 0.501. The highest BCUT2D eigenvalue weighted by atomic mass is 32.1. The van der Waals surface area contributed by atoms with E-state index in [2.05, 4.69) is 27.1 Å². The van der Waals surface area contributed by atoms with Crippen molar-refractivity contribution in [3.63, 3.8) is 0 Å². The minimum atomic E-state index is -0.248. The number of hydrogen-bond acceptors (Lipinski definition) is 6. The van der Waals surface area contributed by atoms with Crippen molar-refractivity contribution >= 4 is 34.2 Å². The first-order valence-electron chi connectivity index (χ1n) is 12.2. The van der Waals surface area contributed by atoms with Gasteiger partial charge in [-0.2, -0.15) is 0 Å². The number of aromatic hydroxyl groups is 1. The van der Waals surface area contributed by atoms with Crippen molar-refractivity contribution in [2.75, 3.05) is 39.3 Å². The van der Waals surface area contributed by atoms with Crippen LogP contribution in [-0.4, -0.2) is 76.0 Å². The van der Waals surface area contributed by atoms with E-state index in [0.29, 0.717) is 41.0 Å². The Morgan fingerprint density at radius 2 is 1.86 bits per heavy atom. The molecule has 2 amide bonds. The molecule has 0 atom stereocenters. The summed E-state index contributed by atoms with van der Waals surface area (Å²) in [6.45, 7) is 6.95. The fourth-order valence-corrected chi connectivity index (χ4v) is 5.14. The SMILES string of the molecule is CCN1CCN(C(=O)c2ccc(CCNC(=O)c3ccc(O)c4[nH]c(-c5cccs5)nc34)cc2)CC1. The van der Waals surface area contributed by atoms with Gasteiger partial charge in [0, 0.05) is 38.3 Å². The average molecular weight is 504 g/mol. The van der Waals surface area contributed by atoms with E-state index in [4.69, 9.17) is 0 Å². The van der Waals surface area contributed by atoms with Crippen LogP contribution in [0.5, 0.6) is 5.75 Å². The highest BCUT2D eigenvalue weighted by Gasteiger charge is 2.21. The van der Waals surface area contributed by atoms with Crippen LogP contribution >= 0.6 is 11.3 Å². The Balaban J connectivity index is 1.19. The molecular weight excluding hydrogens is 474 g/mol. The second kappa shape index (κ2) is 10.5. The molecule has 0 aliphatic carbocycles. The van der Waals surface area contributed by atoms with Crippen LogP contribution < -0.4 is 5.32 Å².